The molecule has 0 amide bonds. The molecule has 0 atom stereocenters. The molecule has 2 aromatic carbocycles. The first-order valence-electron chi connectivity index (χ1n) is 7.73. The van der Waals surface area contributed by atoms with Gasteiger partial charge >= 0.3 is 0 Å². The van der Waals surface area contributed by atoms with E-state index in [1.165, 1.54) is 22.5 Å². The van der Waals surface area contributed by atoms with Crippen LogP contribution in [0.5, 0.6) is 11.5 Å². The van der Waals surface area contributed by atoms with Crippen LogP contribution in [0.1, 0.15) is 5.56 Å². The number of fused-ring (bicyclic) bond motifs is 1. The molecule has 0 fully saturated rings. The van der Waals surface area contributed by atoms with Gasteiger partial charge in [0, 0.05) is 11.1 Å². The van der Waals surface area contributed by atoms with E-state index >= 15 is 0 Å². The molecule has 0 bridgehead atoms. The van der Waals surface area contributed by atoms with E-state index in [2.05, 4.69) is 6.58 Å². The topological polar surface area (TPSA) is 55.8 Å². The molecule has 3 rings (SSSR count). The Labute approximate surface area is 152 Å². The van der Waals surface area contributed by atoms with Crippen LogP contribution in [0.15, 0.2) is 53.9 Å². The summed E-state index contributed by atoms with van der Waals surface area (Å²) in [7, 11) is -3.82. The highest BCUT2D eigenvalue weighted by atomic mass is 35.5. The van der Waals surface area contributed by atoms with Gasteiger partial charge in [-0.1, -0.05) is 23.7 Å². The molecule has 132 valence electrons. The van der Waals surface area contributed by atoms with Gasteiger partial charge in [-0.3, -0.25) is 4.31 Å². The molecule has 25 heavy (non-hydrogen) atoms. The number of hydrogen-bond acceptors (Lipinski definition) is 4. The van der Waals surface area contributed by atoms with E-state index in [0.29, 0.717) is 41.0 Å². The lowest BCUT2D eigenvalue weighted by Crippen LogP contribution is -2.32. The fourth-order valence-electron chi connectivity index (χ4n) is 2.62. The first kappa shape index (κ1) is 17.6. The van der Waals surface area contributed by atoms with Crippen LogP contribution in [-0.2, 0) is 10.0 Å². The minimum absolute atomic E-state index is 0.123. The minimum atomic E-state index is -3.82. The van der Waals surface area contributed by atoms with E-state index in [-0.39, 0.29) is 11.4 Å². The second-order valence-electron chi connectivity index (χ2n) is 5.51. The maximum Gasteiger partial charge on any atom is 0.264 e. The van der Waals surface area contributed by atoms with Crippen LogP contribution in [0.3, 0.4) is 0 Å². The van der Waals surface area contributed by atoms with Gasteiger partial charge in [-0.25, -0.2) is 8.42 Å². The van der Waals surface area contributed by atoms with Crippen molar-refractivity contribution in [1.82, 2.24) is 0 Å². The maximum atomic E-state index is 13.2. The van der Waals surface area contributed by atoms with E-state index in [0.717, 1.165) is 0 Å². The molecule has 5 nitrogen and oxygen atoms in total. The number of halogens is 1. The zero-order valence-electron chi connectivity index (χ0n) is 13.7. The summed E-state index contributed by atoms with van der Waals surface area (Å²) in [4.78, 5) is 0.123. The van der Waals surface area contributed by atoms with Crippen molar-refractivity contribution in [2.45, 2.75) is 11.8 Å². The molecule has 0 saturated carbocycles. The fourth-order valence-corrected chi connectivity index (χ4v) is 4.30. The van der Waals surface area contributed by atoms with Crippen LogP contribution in [0.2, 0.25) is 5.02 Å². The number of anilines is 1. The van der Waals surface area contributed by atoms with Gasteiger partial charge in [0.05, 0.1) is 17.1 Å². The highest BCUT2D eigenvalue weighted by Crippen LogP contribution is 2.35. The first-order valence-corrected chi connectivity index (χ1v) is 9.55. The normalized spacial score (nSPS) is 13.4. The van der Waals surface area contributed by atoms with Crippen molar-refractivity contribution in [2.75, 3.05) is 24.1 Å². The summed E-state index contributed by atoms with van der Waals surface area (Å²) in [6.07, 6.45) is 1.54. The lowest BCUT2D eigenvalue weighted by molar-refractivity contribution is 0.171. The second kappa shape index (κ2) is 6.98. The Kier molecular flexibility index (Phi) is 4.92. The van der Waals surface area contributed by atoms with Crippen molar-refractivity contribution in [1.29, 1.82) is 0 Å². The molecule has 0 N–H and O–H groups in total. The molecule has 0 unspecified atom stereocenters. The molecule has 1 heterocycles. The first-order chi connectivity index (χ1) is 11.9. The number of benzene rings is 2. The Morgan fingerprint density at radius 2 is 1.92 bits per heavy atom. The molecule has 7 heteroatoms. The summed E-state index contributed by atoms with van der Waals surface area (Å²) in [6.45, 7) is 6.42. The number of hydrogen-bond donors (Lipinski definition) is 0. The Morgan fingerprint density at radius 3 is 2.64 bits per heavy atom. The van der Waals surface area contributed by atoms with E-state index in [4.69, 9.17) is 21.1 Å². The number of ether oxygens (including phenoxy) is 2. The van der Waals surface area contributed by atoms with Crippen LogP contribution in [0.4, 0.5) is 5.69 Å². The van der Waals surface area contributed by atoms with Crippen molar-refractivity contribution in [3.8, 4) is 11.5 Å². The molecule has 0 radical (unpaired) electrons. The smallest absolute Gasteiger partial charge is 0.264 e. The van der Waals surface area contributed by atoms with Gasteiger partial charge < -0.3 is 9.47 Å². The predicted molar refractivity (Wildman–Crippen MR) is 98.3 cm³/mol. The van der Waals surface area contributed by atoms with Crippen LogP contribution < -0.4 is 13.8 Å². The lowest BCUT2D eigenvalue weighted by atomic mass is 10.2. The Morgan fingerprint density at radius 1 is 1.20 bits per heavy atom. The van der Waals surface area contributed by atoms with Crippen molar-refractivity contribution in [3.05, 3.63) is 59.6 Å². The second-order valence-corrected chi connectivity index (χ2v) is 7.78. The van der Waals surface area contributed by atoms with Gasteiger partial charge in [-0.05, 0) is 36.8 Å². The molecule has 0 aliphatic carbocycles. The third kappa shape index (κ3) is 3.32. The van der Waals surface area contributed by atoms with E-state index in [1.54, 1.807) is 31.2 Å². The van der Waals surface area contributed by atoms with Gasteiger partial charge in [0.15, 0.2) is 11.5 Å². The molecule has 0 spiro atoms. The van der Waals surface area contributed by atoms with Crippen LogP contribution in [0, 0.1) is 6.92 Å². The average molecular weight is 380 g/mol. The van der Waals surface area contributed by atoms with Crippen LogP contribution in [0.25, 0.3) is 0 Å². The number of sulfonamides is 1. The Balaban J connectivity index is 2.09. The largest absolute Gasteiger partial charge is 0.486 e. The van der Waals surface area contributed by atoms with Crippen molar-refractivity contribution >= 4 is 27.3 Å². The zero-order chi connectivity index (χ0) is 18.0. The molecular formula is C18H18ClNO4S. The Bertz CT molecular complexity index is 911. The molecule has 0 aromatic heterocycles. The van der Waals surface area contributed by atoms with Gasteiger partial charge in [-0.2, -0.15) is 0 Å². The zero-order valence-corrected chi connectivity index (χ0v) is 15.3. The van der Waals surface area contributed by atoms with E-state index in [9.17, 15) is 8.42 Å². The SMILES string of the molecule is C=CCN(c1cccc(Cl)c1C)S(=O)(=O)c1ccc2c(c1)OCCO2. The summed E-state index contributed by atoms with van der Waals surface area (Å²) in [5, 5.41) is 0.504. The third-order valence-corrected chi connectivity index (χ3v) is 6.09. The molecule has 0 saturated heterocycles. The highest BCUT2D eigenvalue weighted by molar-refractivity contribution is 7.92. The van der Waals surface area contributed by atoms with Gasteiger partial charge in [0.25, 0.3) is 10.0 Å². The van der Waals surface area contributed by atoms with Crippen LogP contribution in [-0.4, -0.2) is 28.2 Å². The molecule has 1 aliphatic heterocycles. The average Bonchev–Trinajstić information content (AvgIpc) is 2.62. The van der Waals surface area contributed by atoms with E-state index < -0.39 is 10.0 Å². The summed E-state index contributed by atoms with van der Waals surface area (Å²) >= 11 is 6.17. The predicted octanol–water partition coefficient (Wildman–Crippen LogP) is 3.80. The van der Waals surface area contributed by atoms with Gasteiger partial charge in [-0.15, -0.1) is 6.58 Å². The maximum absolute atomic E-state index is 13.2. The van der Waals surface area contributed by atoms with Crippen LogP contribution >= 0.6 is 11.6 Å². The van der Waals surface area contributed by atoms with Gasteiger partial charge in [0.2, 0.25) is 0 Å². The monoisotopic (exact) mass is 379 g/mol. The molecule has 2 aromatic rings. The highest BCUT2D eigenvalue weighted by Gasteiger charge is 2.27. The van der Waals surface area contributed by atoms with E-state index in [1.807, 2.05) is 0 Å². The standard InChI is InChI=1S/C18H18ClNO4S/c1-3-9-20(16-6-4-5-15(19)13(16)2)25(21,22)14-7-8-17-18(12-14)24-11-10-23-17/h3-8,12H,1,9-11H2,2H3. The summed E-state index contributed by atoms with van der Waals surface area (Å²) in [5.41, 5.74) is 1.20. The summed E-state index contributed by atoms with van der Waals surface area (Å²) < 4.78 is 38.7. The molecule has 1 aliphatic rings. The lowest BCUT2D eigenvalue weighted by Gasteiger charge is -2.26. The van der Waals surface area contributed by atoms with Crippen molar-refractivity contribution < 1.29 is 17.9 Å². The number of nitrogens with zero attached hydrogens (tertiary/aromatic N) is 1. The summed E-state index contributed by atoms with van der Waals surface area (Å²) in [6, 6.07) is 9.78. The molecular weight excluding hydrogens is 362 g/mol. The van der Waals surface area contributed by atoms with Crippen molar-refractivity contribution in [3.63, 3.8) is 0 Å². The Hall–Kier alpha value is -2.18. The number of rotatable bonds is 5. The minimum Gasteiger partial charge on any atom is -0.486 e. The van der Waals surface area contributed by atoms with Gasteiger partial charge in [0.1, 0.15) is 13.2 Å². The summed E-state index contributed by atoms with van der Waals surface area (Å²) in [5.74, 6) is 0.966. The third-order valence-electron chi connectivity index (χ3n) is 3.90. The fraction of sp³-hybridized carbons (Fsp3) is 0.222. The van der Waals surface area contributed by atoms with Crippen molar-refractivity contribution in [2.24, 2.45) is 0 Å². The quantitative estimate of drug-likeness (QED) is 0.741.